The molecule has 0 saturated carbocycles. The summed E-state index contributed by atoms with van der Waals surface area (Å²) in [5, 5.41) is 2.02. The van der Waals surface area contributed by atoms with Crippen LogP contribution in [0.3, 0.4) is 0 Å². The van der Waals surface area contributed by atoms with Gasteiger partial charge in [-0.25, -0.2) is 0 Å². The molecule has 1 aromatic carbocycles. The van der Waals surface area contributed by atoms with Crippen molar-refractivity contribution in [2.24, 2.45) is 0 Å². The van der Waals surface area contributed by atoms with Crippen LogP contribution in [-0.4, -0.2) is 29.7 Å². The summed E-state index contributed by atoms with van der Waals surface area (Å²) < 4.78 is 1.54. The minimum atomic E-state index is -1.56. The number of hydrogen-bond donors (Lipinski definition) is 0. The van der Waals surface area contributed by atoms with Gasteiger partial charge in [0.2, 0.25) is 0 Å². The molecule has 18 heavy (non-hydrogen) atoms. The van der Waals surface area contributed by atoms with Crippen molar-refractivity contribution in [2.45, 2.75) is 51.6 Å². The fourth-order valence-corrected chi connectivity index (χ4v) is 9.32. The van der Waals surface area contributed by atoms with Gasteiger partial charge in [-0.3, -0.25) is 0 Å². The molecule has 0 amide bonds. The van der Waals surface area contributed by atoms with Crippen molar-refractivity contribution in [3.63, 3.8) is 0 Å². The quantitative estimate of drug-likeness (QED) is 0.486. The summed E-state index contributed by atoms with van der Waals surface area (Å²) in [6.07, 6.45) is 2.86. The number of benzene rings is 1. The van der Waals surface area contributed by atoms with E-state index in [4.69, 9.17) is 0 Å². The third-order valence-corrected chi connectivity index (χ3v) is 11.8. The fourth-order valence-electron chi connectivity index (χ4n) is 2.23. The van der Waals surface area contributed by atoms with E-state index in [9.17, 15) is 0 Å². The SMILES string of the molecule is CC(C)(C)P(CC[CH2][Sn]([CH3])([CH3])[CH3])c1ccccc1. The van der Waals surface area contributed by atoms with Crippen LogP contribution >= 0.6 is 7.92 Å². The Bertz CT molecular complexity index is 346. The van der Waals surface area contributed by atoms with Gasteiger partial charge in [0, 0.05) is 0 Å². The van der Waals surface area contributed by atoms with Crippen molar-refractivity contribution >= 4 is 31.6 Å². The van der Waals surface area contributed by atoms with Crippen LogP contribution in [0.15, 0.2) is 30.3 Å². The zero-order valence-electron chi connectivity index (χ0n) is 13.0. The molecule has 2 heteroatoms. The molecule has 1 atom stereocenters. The summed E-state index contributed by atoms with van der Waals surface area (Å²) in [5.74, 6) is 0. The molecule has 0 N–H and O–H groups in total. The first-order chi connectivity index (χ1) is 8.20. The predicted octanol–water partition coefficient (Wildman–Crippen LogP) is 5.32. The van der Waals surface area contributed by atoms with Crippen molar-refractivity contribution in [3.8, 4) is 0 Å². The number of rotatable bonds is 5. The summed E-state index contributed by atoms with van der Waals surface area (Å²) in [7, 11) is -0.0163. The summed E-state index contributed by atoms with van der Waals surface area (Å²) in [6.45, 7) is 7.23. The Balaban J connectivity index is 2.70. The molecule has 0 radical (unpaired) electrons. The molecule has 0 aromatic heterocycles. The molecule has 1 unspecified atom stereocenters. The molecule has 0 fully saturated rings. The second-order valence-corrected chi connectivity index (χ2v) is 26.5. The molecule has 0 aliphatic carbocycles. The molecule has 0 spiro atoms. The first kappa shape index (κ1) is 16.5. The molecule has 102 valence electrons. The molecule has 0 nitrogen and oxygen atoms in total. The summed E-state index contributed by atoms with van der Waals surface area (Å²) in [6, 6.07) is 11.2. The van der Waals surface area contributed by atoms with Gasteiger partial charge >= 0.3 is 120 Å². The Morgan fingerprint density at radius 1 is 1.00 bits per heavy atom. The Labute approximate surface area is 119 Å². The maximum absolute atomic E-state index is 2.55. The zero-order chi connectivity index (χ0) is 13.8. The van der Waals surface area contributed by atoms with Crippen molar-refractivity contribution in [2.75, 3.05) is 6.16 Å². The average molecular weight is 371 g/mol. The zero-order valence-corrected chi connectivity index (χ0v) is 16.7. The second-order valence-electron chi connectivity index (χ2n) is 7.32. The fraction of sp³-hybridized carbons (Fsp3) is 0.625. The van der Waals surface area contributed by atoms with E-state index in [2.05, 4.69) is 65.9 Å². The summed E-state index contributed by atoms with van der Waals surface area (Å²) in [4.78, 5) is 7.66. The van der Waals surface area contributed by atoms with Crippen molar-refractivity contribution in [3.05, 3.63) is 30.3 Å². The summed E-state index contributed by atoms with van der Waals surface area (Å²) >= 11 is -1.56. The van der Waals surface area contributed by atoms with Gasteiger partial charge in [0.25, 0.3) is 0 Å². The van der Waals surface area contributed by atoms with Crippen LogP contribution in [0.1, 0.15) is 27.2 Å². The van der Waals surface area contributed by atoms with Gasteiger partial charge < -0.3 is 0 Å². The van der Waals surface area contributed by atoms with Gasteiger partial charge in [0.05, 0.1) is 0 Å². The van der Waals surface area contributed by atoms with E-state index in [0.29, 0.717) is 5.16 Å². The Hall–Kier alpha value is 0.449. The monoisotopic (exact) mass is 372 g/mol. The van der Waals surface area contributed by atoms with E-state index in [1.54, 1.807) is 5.30 Å². The standard InChI is InChI=1S/C13H20P.3CH3.Sn/c1-5-11-14(13(2,3)4)12-9-7-6-8-10-12;;;;/h6-10H,1,5,11H2,2-4H3;3*1H3;. The van der Waals surface area contributed by atoms with E-state index < -0.39 is 18.4 Å². The predicted molar refractivity (Wildman–Crippen MR) is 90.4 cm³/mol. The maximum atomic E-state index is 2.55. The third kappa shape index (κ3) is 6.06. The van der Waals surface area contributed by atoms with Gasteiger partial charge in [0.1, 0.15) is 0 Å². The van der Waals surface area contributed by atoms with Crippen LogP contribution in [-0.2, 0) is 0 Å². The van der Waals surface area contributed by atoms with Crippen LogP contribution in [0.4, 0.5) is 0 Å². The summed E-state index contributed by atoms with van der Waals surface area (Å²) in [5.41, 5.74) is 0. The molecule has 0 saturated heterocycles. The van der Waals surface area contributed by atoms with E-state index >= 15 is 0 Å². The van der Waals surface area contributed by atoms with Crippen LogP contribution in [0.5, 0.6) is 0 Å². The van der Waals surface area contributed by atoms with Gasteiger partial charge in [-0.05, 0) is 0 Å². The average Bonchev–Trinajstić information content (AvgIpc) is 2.22. The van der Waals surface area contributed by atoms with Crippen LogP contribution in [0, 0.1) is 0 Å². The van der Waals surface area contributed by atoms with E-state index in [1.165, 1.54) is 17.0 Å². The first-order valence-corrected chi connectivity index (χ1v) is 19.1. The second kappa shape index (κ2) is 6.75. The van der Waals surface area contributed by atoms with Gasteiger partial charge in [0.15, 0.2) is 0 Å². The van der Waals surface area contributed by atoms with Gasteiger partial charge in [-0.15, -0.1) is 0 Å². The Kier molecular flexibility index (Phi) is 6.19. The van der Waals surface area contributed by atoms with Crippen molar-refractivity contribution < 1.29 is 0 Å². The molecule has 0 aliphatic heterocycles. The first-order valence-electron chi connectivity index (χ1n) is 7.03. The van der Waals surface area contributed by atoms with Crippen LogP contribution in [0.2, 0.25) is 19.3 Å². The molecule has 0 heterocycles. The molecular formula is C16H29PSn. The Morgan fingerprint density at radius 3 is 2.00 bits per heavy atom. The van der Waals surface area contributed by atoms with E-state index in [1.807, 2.05) is 0 Å². The number of hydrogen-bond acceptors (Lipinski definition) is 0. The minimum absolute atomic E-state index is 0.0163. The van der Waals surface area contributed by atoms with Crippen LogP contribution in [0.25, 0.3) is 0 Å². The topological polar surface area (TPSA) is 0 Å². The van der Waals surface area contributed by atoms with E-state index in [0.717, 1.165) is 0 Å². The van der Waals surface area contributed by atoms with Crippen molar-refractivity contribution in [1.82, 2.24) is 0 Å². The van der Waals surface area contributed by atoms with Crippen LogP contribution < -0.4 is 5.30 Å². The molecule has 0 aliphatic rings. The van der Waals surface area contributed by atoms with E-state index in [-0.39, 0.29) is 7.92 Å². The molecule has 1 rings (SSSR count). The normalized spacial score (nSPS) is 14.6. The molecule has 1 aromatic rings. The molecular weight excluding hydrogens is 342 g/mol. The Morgan fingerprint density at radius 2 is 1.56 bits per heavy atom. The third-order valence-electron chi connectivity index (χ3n) is 3.19. The molecule has 0 bridgehead atoms. The van der Waals surface area contributed by atoms with Crippen molar-refractivity contribution in [1.29, 1.82) is 0 Å². The van der Waals surface area contributed by atoms with Gasteiger partial charge in [-0.2, -0.15) is 0 Å². The van der Waals surface area contributed by atoms with Gasteiger partial charge in [-0.1, -0.05) is 0 Å².